The lowest BCUT2D eigenvalue weighted by Crippen LogP contribution is -2.05. The van der Waals surface area contributed by atoms with E-state index in [9.17, 15) is 8.42 Å². The summed E-state index contributed by atoms with van der Waals surface area (Å²) in [6, 6.07) is 18.7. The van der Waals surface area contributed by atoms with Gasteiger partial charge in [0.05, 0.1) is 9.80 Å². The molecular weight excluding hydrogens is 376 g/mol. The minimum Gasteiger partial charge on any atom is -0.218 e. The van der Waals surface area contributed by atoms with Crippen molar-refractivity contribution in [2.24, 2.45) is 0 Å². The standard InChI is InChI=1S/C26H28O2S/c27-29(28,25-19-12-5-13-20-25)26(22-24-17-9-4-10-18-24)21-11-2-1-6-14-23-15-7-3-8-16-23/h3,5,7-8,12-13,15-16,19-20H,1-2,4,9-11,17-18,21H2. The van der Waals surface area contributed by atoms with E-state index in [4.69, 9.17) is 0 Å². The van der Waals surface area contributed by atoms with Crippen LogP contribution >= 0.6 is 0 Å². The Morgan fingerprint density at radius 1 is 0.828 bits per heavy atom. The largest absolute Gasteiger partial charge is 0.218 e. The molecule has 150 valence electrons. The second kappa shape index (κ2) is 10.9. The number of allylic oxidation sites excluding steroid dienone is 1. The predicted molar refractivity (Wildman–Crippen MR) is 119 cm³/mol. The Labute approximate surface area is 175 Å². The van der Waals surface area contributed by atoms with Crippen LogP contribution in [0.3, 0.4) is 0 Å². The van der Waals surface area contributed by atoms with Gasteiger partial charge in [-0.25, -0.2) is 8.42 Å². The van der Waals surface area contributed by atoms with Gasteiger partial charge in [0.2, 0.25) is 9.84 Å². The first-order valence-electron chi connectivity index (χ1n) is 10.5. The molecule has 0 atom stereocenters. The fraction of sp³-hybridized carbons (Fsp3) is 0.346. The molecule has 2 nitrogen and oxygen atoms in total. The summed E-state index contributed by atoms with van der Waals surface area (Å²) in [7, 11) is -3.49. The van der Waals surface area contributed by atoms with Crippen molar-refractivity contribution in [1.29, 1.82) is 0 Å². The highest BCUT2D eigenvalue weighted by Gasteiger charge is 2.20. The fourth-order valence-electron chi connectivity index (χ4n) is 3.49. The number of unbranched alkanes of at least 4 members (excludes halogenated alkanes) is 2. The van der Waals surface area contributed by atoms with Crippen molar-refractivity contribution in [3.8, 4) is 11.8 Å². The van der Waals surface area contributed by atoms with E-state index in [0.29, 0.717) is 16.2 Å². The summed E-state index contributed by atoms with van der Waals surface area (Å²) < 4.78 is 26.3. The maximum absolute atomic E-state index is 13.2. The van der Waals surface area contributed by atoms with Crippen LogP contribution in [-0.4, -0.2) is 8.42 Å². The average Bonchev–Trinajstić information content (AvgIpc) is 2.77. The van der Waals surface area contributed by atoms with Gasteiger partial charge in [-0.2, -0.15) is 0 Å². The Kier molecular flexibility index (Phi) is 7.94. The van der Waals surface area contributed by atoms with E-state index in [1.165, 1.54) is 6.42 Å². The monoisotopic (exact) mass is 404 g/mol. The molecule has 3 rings (SSSR count). The SMILES string of the molecule is O=S(=O)(C(=C=C1CCCCC1)CCCCC#Cc1ccccc1)c1ccccc1. The number of benzene rings is 2. The first-order chi connectivity index (χ1) is 14.2. The Balaban J connectivity index is 1.70. The van der Waals surface area contributed by atoms with Crippen molar-refractivity contribution >= 4 is 9.84 Å². The molecule has 0 saturated heterocycles. The molecule has 0 bridgehead atoms. The van der Waals surface area contributed by atoms with Gasteiger partial charge in [0.25, 0.3) is 0 Å². The van der Waals surface area contributed by atoms with Gasteiger partial charge in [-0.1, -0.05) is 54.7 Å². The van der Waals surface area contributed by atoms with Crippen LogP contribution in [0.2, 0.25) is 0 Å². The summed E-state index contributed by atoms with van der Waals surface area (Å²) in [6.07, 6.45) is 8.40. The highest BCUT2D eigenvalue weighted by atomic mass is 32.2. The van der Waals surface area contributed by atoms with Crippen LogP contribution in [0.5, 0.6) is 0 Å². The van der Waals surface area contributed by atoms with Crippen LogP contribution in [-0.2, 0) is 9.84 Å². The zero-order valence-corrected chi connectivity index (χ0v) is 17.7. The smallest absolute Gasteiger partial charge is 0.210 e. The Bertz CT molecular complexity index is 1010. The van der Waals surface area contributed by atoms with Gasteiger partial charge in [-0.05, 0) is 74.8 Å². The molecule has 0 unspecified atom stereocenters. The lowest BCUT2D eigenvalue weighted by atomic mass is 9.95. The van der Waals surface area contributed by atoms with Gasteiger partial charge in [0.1, 0.15) is 0 Å². The third-order valence-electron chi connectivity index (χ3n) is 5.11. The quantitative estimate of drug-likeness (QED) is 0.315. The van der Waals surface area contributed by atoms with E-state index in [1.807, 2.05) is 36.4 Å². The zero-order chi connectivity index (χ0) is 20.4. The van der Waals surface area contributed by atoms with Gasteiger partial charge in [0, 0.05) is 12.0 Å². The topological polar surface area (TPSA) is 34.1 Å². The van der Waals surface area contributed by atoms with Gasteiger partial charge < -0.3 is 0 Å². The summed E-state index contributed by atoms with van der Waals surface area (Å²) >= 11 is 0. The number of hydrogen-bond acceptors (Lipinski definition) is 2. The molecule has 0 aliphatic heterocycles. The number of sulfone groups is 1. The number of hydrogen-bond donors (Lipinski definition) is 0. The zero-order valence-electron chi connectivity index (χ0n) is 16.9. The van der Waals surface area contributed by atoms with E-state index < -0.39 is 9.84 Å². The van der Waals surface area contributed by atoms with E-state index in [-0.39, 0.29) is 0 Å². The van der Waals surface area contributed by atoms with Gasteiger partial charge >= 0.3 is 0 Å². The first kappa shape index (κ1) is 21.2. The lowest BCUT2D eigenvalue weighted by molar-refractivity contribution is 0.594. The summed E-state index contributed by atoms with van der Waals surface area (Å²) in [5.41, 5.74) is 5.50. The van der Waals surface area contributed by atoms with Crippen molar-refractivity contribution in [1.82, 2.24) is 0 Å². The molecule has 0 heterocycles. The van der Waals surface area contributed by atoms with Crippen molar-refractivity contribution in [3.05, 3.63) is 82.4 Å². The fourth-order valence-corrected chi connectivity index (χ4v) is 4.98. The molecule has 0 spiro atoms. The van der Waals surface area contributed by atoms with E-state index in [2.05, 4.69) is 17.6 Å². The second-order valence-corrected chi connectivity index (χ2v) is 9.37. The molecule has 1 aliphatic rings. The van der Waals surface area contributed by atoms with Crippen molar-refractivity contribution < 1.29 is 8.42 Å². The van der Waals surface area contributed by atoms with Crippen LogP contribution in [0, 0.1) is 11.8 Å². The molecule has 29 heavy (non-hydrogen) atoms. The third kappa shape index (κ3) is 6.50. The van der Waals surface area contributed by atoms with Crippen molar-refractivity contribution in [3.63, 3.8) is 0 Å². The predicted octanol–water partition coefficient (Wildman–Crippen LogP) is 6.45. The van der Waals surface area contributed by atoms with E-state index >= 15 is 0 Å². The van der Waals surface area contributed by atoms with Crippen LogP contribution in [0.15, 0.2) is 81.8 Å². The van der Waals surface area contributed by atoms with E-state index in [1.54, 1.807) is 24.3 Å². The van der Waals surface area contributed by atoms with Crippen molar-refractivity contribution in [2.75, 3.05) is 0 Å². The molecule has 0 amide bonds. The third-order valence-corrected chi connectivity index (χ3v) is 6.96. The maximum atomic E-state index is 13.2. The van der Waals surface area contributed by atoms with Crippen LogP contribution in [0.25, 0.3) is 0 Å². The van der Waals surface area contributed by atoms with Crippen LogP contribution < -0.4 is 0 Å². The molecule has 0 aromatic heterocycles. The Morgan fingerprint density at radius 3 is 2.17 bits per heavy atom. The molecule has 1 saturated carbocycles. The maximum Gasteiger partial charge on any atom is 0.210 e. The van der Waals surface area contributed by atoms with E-state index in [0.717, 1.165) is 56.1 Å². The van der Waals surface area contributed by atoms with Crippen LogP contribution in [0.1, 0.15) is 63.4 Å². The molecule has 3 heteroatoms. The van der Waals surface area contributed by atoms with Crippen molar-refractivity contribution in [2.45, 2.75) is 62.7 Å². The average molecular weight is 405 g/mol. The Hall–Kier alpha value is -2.53. The minimum absolute atomic E-state index is 0.364. The minimum atomic E-state index is -3.49. The Morgan fingerprint density at radius 2 is 1.48 bits per heavy atom. The molecule has 1 fully saturated rings. The summed E-state index contributed by atoms with van der Waals surface area (Å²) in [4.78, 5) is 0.805. The molecule has 1 aliphatic carbocycles. The highest BCUT2D eigenvalue weighted by molar-refractivity contribution is 7.95. The second-order valence-electron chi connectivity index (χ2n) is 7.40. The van der Waals surface area contributed by atoms with Gasteiger partial charge in [-0.15, -0.1) is 5.73 Å². The normalized spacial score (nSPS) is 13.9. The molecule has 0 N–H and O–H groups in total. The van der Waals surface area contributed by atoms with Gasteiger partial charge in [0.15, 0.2) is 0 Å². The molecule has 2 aromatic carbocycles. The summed E-state index contributed by atoms with van der Waals surface area (Å²) in [6.45, 7) is 0. The highest BCUT2D eigenvalue weighted by Crippen LogP contribution is 2.27. The lowest BCUT2D eigenvalue weighted by Gasteiger charge is -2.12. The summed E-state index contributed by atoms with van der Waals surface area (Å²) in [5.74, 6) is 6.35. The number of rotatable bonds is 6. The van der Waals surface area contributed by atoms with Crippen LogP contribution in [0.4, 0.5) is 0 Å². The molecule has 2 aromatic rings. The molecule has 0 radical (unpaired) electrons. The summed E-state index contributed by atoms with van der Waals surface area (Å²) in [5, 5.41) is 0. The van der Waals surface area contributed by atoms with Gasteiger partial charge in [-0.3, -0.25) is 0 Å². The molecular formula is C26H28O2S. The first-order valence-corrected chi connectivity index (χ1v) is 12.0.